The Hall–Kier alpha value is -2.95. The van der Waals surface area contributed by atoms with Gasteiger partial charge in [-0.1, -0.05) is 37.3 Å². The van der Waals surface area contributed by atoms with E-state index in [0.717, 1.165) is 17.0 Å². The second-order valence-electron chi connectivity index (χ2n) is 7.11. The smallest absolute Gasteiger partial charge is 0.224 e. The second kappa shape index (κ2) is 11.1. The molecule has 0 aliphatic rings. The van der Waals surface area contributed by atoms with Crippen LogP contribution in [0, 0.1) is 5.92 Å². The first-order valence-corrected chi connectivity index (χ1v) is 9.74. The van der Waals surface area contributed by atoms with Crippen LogP contribution in [0.4, 0.5) is 4.39 Å². The largest absolute Gasteiger partial charge is 0.497 e. The maximum Gasteiger partial charge on any atom is 0.224 e. The van der Waals surface area contributed by atoms with Crippen LogP contribution in [-0.2, 0) is 11.3 Å². The van der Waals surface area contributed by atoms with Crippen LogP contribution in [0.2, 0.25) is 0 Å². The maximum absolute atomic E-state index is 13.1. The van der Waals surface area contributed by atoms with Gasteiger partial charge in [0.15, 0.2) is 0 Å². The highest BCUT2D eigenvalue weighted by atomic mass is 19.1. The van der Waals surface area contributed by atoms with E-state index >= 15 is 0 Å². The van der Waals surface area contributed by atoms with Crippen LogP contribution >= 0.6 is 0 Å². The summed E-state index contributed by atoms with van der Waals surface area (Å²) in [4.78, 5) is 19.4. The highest BCUT2D eigenvalue weighted by Gasteiger charge is 2.23. The van der Waals surface area contributed by atoms with Crippen molar-refractivity contribution in [2.75, 3.05) is 7.11 Å². The highest BCUT2D eigenvalue weighted by Crippen LogP contribution is 2.26. The monoisotopic (exact) mass is 396 g/mol. The summed E-state index contributed by atoms with van der Waals surface area (Å²) in [6.45, 7) is 5.78. The van der Waals surface area contributed by atoms with Crippen molar-refractivity contribution in [3.05, 3.63) is 84.0 Å². The normalized spacial score (nSPS) is 13.9. The first-order valence-electron chi connectivity index (χ1n) is 9.74. The predicted molar refractivity (Wildman–Crippen MR) is 114 cm³/mol. The molecule has 1 aromatic heterocycles. The Kier molecular flexibility index (Phi) is 8.59. The zero-order valence-electron chi connectivity index (χ0n) is 17.5. The van der Waals surface area contributed by atoms with E-state index in [9.17, 15) is 9.18 Å². The average molecular weight is 397 g/mol. The molecule has 0 aliphatic heterocycles. The summed E-state index contributed by atoms with van der Waals surface area (Å²) in [5.41, 5.74) is 1.86. The molecule has 2 aromatic rings. The fourth-order valence-corrected chi connectivity index (χ4v) is 3.01. The molecule has 29 heavy (non-hydrogen) atoms. The molecule has 154 valence electrons. The van der Waals surface area contributed by atoms with Crippen molar-refractivity contribution in [3.63, 3.8) is 0 Å². The number of methoxy groups -OCH3 is 1. The zero-order valence-corrected chi connectivity index (χ0v) is 17.5. The predicted octanol–water partition coefficient (Wildman–Crippen LogP) is 5.64. The Balaban J connectivity index is 2.20. The molecule has 5 heteroatoms. The fraction of sp³-hybridized carbons (Fsp3) is 0.333. The molecule has 0 fully saturated rings. The van der Waals surface area contributed by atoms with Crippen molar-refractivity contribution in [3.8, 4) is 5.75 Å². The maximum atomic E-state index is 13.1. The molecule has 0 saturated heterocycles. The minimum atomic E-state index is -0.260. The van der Waals surface area contributed by atoms with E-state index in [1.165, 1.54) is 13.0 Å². The number of ether oxygens (including phenoxy) is 1. The van der Waals surface area contributed by atoms with E-state index in [-0.39, 0.29) is 23.7 Å². The topological polar surface area (TPSA) is 42.4 Å². The summed E-state index contributed by atoms with van der Waals surface area (Å²) in [7, 11) is 1.63. The number of carbonyl (C=O) groups is 1. The second-order valence-corrected chi connectivity index (χ2v) is 7.11. The average Bonchev–Trinajstić information content (AvgIpc) is 2.72. The van der Waals surface area contributed by atoms with E-state index < -0.39 is 0 Å². The van der Waals surface area contributed by atoms with Crippen LogP contribution in [0.3, 0.4) is 0 Å². The fourth-order valence-electron chi connectivity index (χ4n) is 3.01. The molecule has 1 aromatic carbocycles. The summed E-state index contributed by atoms with van der Waals surface area (Å²) >= 11 is 0. The highest BCUT2D eigenvalue weighted by molar-refractivity contribution is 5.77. The van der Waals surface area contributed by atoms with Gasteiger partial charge in [0.2, 0.25) is 5.91 Å². The minimum absolute atomic E-state index is 0.00704. The molecule has 0 spiro atoms. The third kappa shape index (κ3) is 7.18. The van der Waals surface area contributed by atoms with Crippen molar-refractivity contribution in [2.45, 2.75) is 39.8 Å². The first-order chi connectivity index (χ1) is 13.9. The van der Waals surface area contributed by atoms with Crippen LogP contribution in [0.5, 0.6) is 5.75 Å². The van der Waals surface area contributed by atoms with E-state index in [2.05, 4.69) is 4.98 Å². The number of pyridine rings is 1. The van der Waals surface area contributed by atoms with Crippen molar-refractivity contribution in [1.29, 1.82) is 0 Å². The van der Waals surface area contributed by atoms with E-state index in [4.69, 9.17) is 4.74 Å². The van der Waals surface area contributed by atoms with Crippen molar-refractivity contribution in [2.24, 2.45) is 5.92 Å². The number of rotatable bonds is 9. The van der Waals surface area contributed by atoms with Gasteiger partial charge in [-0.05, 0) is 55.7 Å². The quantitative estimate of drug-likeness (QED) is 0.516. The van der Waals surface area contributed by atoms with Gasteiger partial charge in [0, 0.05) is 12.6 Å². The van der Waals surface area contributed by atoms with E-state index in [1.807, 2.05) is 67.3 Å². The van der Waals surface area contributed by atoms with Crippen molar-refractivity contribution in [1.82, 2.24) is 9.88 Å². The number of amides is 1. The van der Waals surface area contributed by atoms with Gasteiger partial charge in [-0.2, -0.15) is 0 Å². The molecule has 0 aliphatic carbocycles. The van der Waals surface area contributed by atoms with Crippen molar-refractivity contribution < 1.29 is 13.9 Å². The van der Waals surface area contributed by atoms with E-state index in [0.29, 0.717) is 13.0 Å². The Labute approximate surface area is 172 Å². The molecule has 0 N–H and O–H groups in total. The molecule has 2 rings (SSSR count). The molecule has 4 nitrogen and oxygen atoms in total. The summed E-state index contributed by atoms with van der Waals surface area (Å²) in [5, 5.41) is 0. The number of allylic oxidation sites excluding steroid dienone is 4. The number of hydrogen-bond acceptors (Lipinski definition) is 3. The standard InChI is InChI=1S/C24H29FN2O2/c1-18(8-7-9-19(2)25)16-24(28)27(17-22-10-5-6-15-26-22)20(3)21-11-13-23(29-4)14-12-21/h5-15,18,20H,16-17H2,1-4H3/b8-7+,19-9+. The Morgan fingerprint density at radius 1 is 1.21 bits per heavy atom. The first kappa shape index (κ1) is 22.3. The number of nitrogens with zero attached hydrogens (tertiary/aromatic N) is 2. The number of halogens is 1. The van der Waals surface area contributed by atoms with Crippen LogP contribution in [0.25, 0.3) is 0 Å². The molecular formula is C24H29FN2O2. The lowest BCUT2D eigenvalue weighted by Gasteiger charge is -2.30. The van der Waals surface area contributed by atoms with Gasteiger partial charge in [-0.15, -0.1) is 0 Å². The van der Waals surface area contributed by atoms with Gasteiger partial charge in [0.05, 0.1) is 31.2 Å². The number of hydrogen-bond donors (Lipinski definition) is 0. The van der Waals surface area contributed by atoms with E-state index in [1.54, 1.807) is 19.4 Å². The molecule has 0 saturated carbocycles. The van der Waals surface area contributed by atoms with Gasteiger partial charge < -0.3 is 9.64 Å². The third-order valence-corrected chi connectivity index (χ3v) is 4.71. The lowest BCUT2D eigenvalue weighted by Crippen LogP contribution is -2.34. The number of benzene rings is 1. The number of carbonyl (C=O) groups excluding carboxylic acids is 1. The molecular weight excluding hydrogens is 367 g/mol. The molecule has 2 unspecified atom stereocenters. The summed E-state index contributed by atoms with van der Waals surface area (Å²) in [5.74, 6) is 0.535. The van der Waals surface area contributed by atoms with Gasteiger partial charge in [-0.3, -0.25) is 9.78 Å². The van der Waals surface area contributed by atoms with Crippen LogP contribution in [-0.4, -0.2) is 22.9 Å². The zero-order chi connectivity index (χ0) is 21.2. The minimum Gasteiger partial charge on any atom is -0.497 e. The van der Waals surface area contributed by atoms with Crippen LogP contribution in [0.1, 0.15) is 44.5 Å². The lowest BCUT2D eigenvalue weighted by molar-refractivity contribution is -0.134. The van der Waals surface area contributed by atoms with Crippen molar-refractivity contribution >= 4 is 5.91 Å². The molecule has 1 heterocycles. The van der Waals surface area contributed by atoms with Gasteiger partial charge in [-0.25, -0.2) is 4.39 Å². The summed E-state index contributed by atoms with van der Waals surface area (Å²) in [6.07, 6.45) is 6.96. The third-order valence-electron chi connectivity index (χ3n) is 4.71. The Morgan fingerprint density at radius 2 is 1.93 bits per heavy atom. The molecule has 0 bridgehead atoms. The molecule has 0 radical (unpaired) electrons. The SMILES string of the molecule is COc1ccc(C(C)N(Cc2ccccn2)C(=O)CC(C)/C=C/C=C(\C)F)cc1. The summed E-state index contributed by atoms with van der Waals surface area (Å²) in [6, 6.07) is 13.3. The lowest BCUT2D eigenvalue weighted by atomic mass is 10.0. The molecule has 2 atom stereocenters. The molecule has 1 amide bonds. The number of aromatic nitrogens is 1. The van der Waals surface area contributed by atoms with Crippen LogP contribution < -0.4 is 4.74 Å². The summed E-state index contributed by atoms with van der Waals surface area (Å²) < 4.78 is 18.1. The van der Waals surface area contributed by atoms with Gasteiger partial charge >= 0.3 is 0 Å². The van der Waals surface area contributed by atoms with Crippen LogP contribution in [0.15, 0.2) is 72.7 Å². The Morgan fingerprint density at radius 3 is 2.52 bits per heavy atom. The van der Waals surface area contributed by atoms with Gasteiger partial charge in [0.25, 0.3) is 0 Å². The Bertz CT molecular complexity index is 828. The van der Waals surface area contributed by atoms with Gasteiger partial charge in [0.1, 0.15) is 5.75 Å².